The van der Waals surface area contributed by atoms with E-state index in [-0.39, 0.29) is 11.1 Å². The monoisotopic (exact) mass is 328 g/mol. The van der Waals surface area contributed by atoms with Gasteiger partial charge >= 0.3 is 6.18 Å². The van der Waals surface area contributed by atoms with Gasteiger partial charge in [0.1, 0.15) is 0 Å². The van der Waals surface area contributed by atoms with Gasteiger partial charge in [0.15, 0.2) is 5.65 Å². The molecule has 0 unspecified atom stereocenters. The first-order valence-electron chi connectivity index (χ1n) is 7.37. The van der Waals surface area contributed by atoms with Crippen LogP contribution >= 0.6 is 0 Å². The van der Waals surface area contributed by atoms with E-state index in [0.717, 1.165) is 28.4 Å². The maximum absolute atomic E-state index is 13.0. The zero-order chi connectivity index (χ0) is 16.9. The number of hydrogen-bond acceptors (Lipinski definition) is 3. The molecule has 0 spiro atoms. The lowest BCUT2D eigenvalue weighted by Gasteiger charge is -2.09. The molecule has 0 aliphatic heterocycles. The molecule has 1 saturated carbocycles. The Morgan fingerprint density at radius 1 is 1.00 bits per heavy atom. The Hall–Kier alpha value is -2.88. The fourth-order valence-electron chi connectivity index (χ4n) is 2.83. The van der Waals surface area contributed by atoms with Gasteiger partial charge in [-0.25, -0.2) is 0 Å². The number of hydrogen-bond donors (Lipinski definition) is 0. The second-order valence-electron chi connectivity index (χ2n) is 5.94. The largest absolute Gasteiger partial charge is 0.452 e. The summed E-state index contributed by atoms with van der Waals surface area (Å²) < 4.78 is 39.8. The molecule has 2 aromatic heterocycles. The molecule has 24 heavy (non-hydrogen) atoms. The third kappa shape index (κ3) is 2.22. The van der Waals surface area contributed by atoms with Gasteiger partial charge in [-0.1, -0.05) is 24.3 Å². The second-order valence-corrected chi connectivity index (χ2v) is 5.94. The van der Waals surface area contributed by atoms with Gasteiger partial charge in [-0.05, 0) is 41.7 Å². The van der Waals surface area contributed by atoms with Gasteiger partial charge in [0, 0.05) is 6.20 Å². The number of rotatable bonds is 2. The Bertz CT molecular complexity index is 960. The number of nitriles is 1. The number of halogens is 3. The van der Waals surface area contributed by atoms with Gasteiger partial charge in [-0.3, -0.25) is 4.40 Å². The molecule has 4 rings (SSSR count). The lowest BCUT2D eigenvalue weighted by molar-refractivity contribution is -0.145. The van der Waals surface area contributed by atoms with Gasteiger partial charge < -0.3 is 0 Å². The van der Waals surface area contributed by atoms with Crippen LogP contribution in [0.1, 0.15) is 24.2 Å². The van der Waals surface area contributed by atoms with Crippen molar-refractivity contribution < 1.29 is 13.2 Å². The normalized spacial score (nSPS) is 16.1. The average molecular weight is 328 g/mol. The van der Waals surface area contributed by atoms with E-state index in [1.807, 2.05) is 24.3 Å². The molecule has 7 heteroatoms. The zero-order valence-corrected chi connectivity index (χ0v) is 12.4. The van der Waals surface area contributed by atoms with Crippen molar-refractivity contribution in [2.45, 2.75) is 24.4 Å². The Labute approximate surface area is 135 Å². The number of aromatic nitrogens is 3. The number of benzene rings is 1. The lowest BCUT2D eigenvalue weighted by Crippen LogP contribution is -2.10. The third-order valence-corrected chi connectivity index (χ3v) is 4.39. The topological polar surface area (TPSA) is 54.0 Å². The summed E-state index contributed by atoms with van der Waals surface area (Å²) in [5, 5.41) is 16.0. The highest BCUT2D eigenvalue weighted by atomic mass is 19.4. The van der Waals surface area contributed by atoms with E-state index in [0.29, 0.717) is 5.56 Å². The second kappa shape index (κ2) is 4.81. The van der Waals surface area contributed by atoms with Crippen LogP contribution in [-0.2, 0) is 11.6 Å². The van der Waals surface area contributed by atoms with Crippen LogP contribution < -0.4 is 0 Å². The van der Waals surface area contributed by atoms with Crippen molar-refractivity contribution in [1.82, 2.24) is 14.6 Å². The molecule has 0 amide bonds. The van der Waals surface area contributed by atoms with Crippen molar-refractivity contribution in [3.05, 3.63) is 54.0 Å². The van der Waals surface area contributed by atoms with Crippen LogP contribution in [0, 0.1) is 11.3 Å². The molecule has 0 saturated heterocycles. The summed E-state index contributed by atoms with van der Waals surface area (Å²) in [7, 11) is 0. The summed E-state index contributed by atoms with van der Waals surface area (Å²) in [6, 6.07) is 12.9. The summed E-state index contributed by atoms with van der Waals surface area (Å²) in [5.74, 6) is -1.04. The van der Waals surface area contributed by atoms with Crippen LogP contribution in [0.15, 0.2) is 42.6 Å². The number of alkyl halides is 3. The molecule has 3 aromatic rings. The molecule has 1 aliphatic rings. The molecule has 0 N–H and O–H groups in total. The van der Waals surface area contributed by atoms with Gasteiger partial charge in [0.05, 0.1) is 11.5 Å². The Balaban J connectivity index is 1.75. The molecular formula is C17H11F3N4. The average Bonchev–Trinajstić information content (AvgIpc) is 3.25. The number of pyridine rings is 1. The molecule has 120 valence electrons. The van der Waals surface area contributed by atoms with Crippen LogP contribution in [0.4, 0.5) is 13.2 Å². The van der Waals surface area contributed by atoms with E-state index in [1.54, 1.807) is 6.07 Å². The fourth-order valence-corrected chi connectivity index (χ4v) is 2.83. The molecule has 4 nitrogen and oxygen atoms in total. The number of nitrogens with zero attached hydrogens (tertiary/aromatic N) is 4. The van der Waals surface area contributed by atoms with E-state index in [2.05, 4.69) is 16.3 Å². The van der Waals surface area contributed by atoms with Crippen LogP contribution in [-0.4, -0.2) is 14.6 Å². The van der Waals surface area contributed by atoms with Gasteiger partial charge in [-0.2, -0.15) is 18.4 Å². The summed E-state index contributed by atoms with van der Waals surface area (Å²) in [6.07, 6.45) is -1.48. The maximum Gasteiger partial charge on any atom is 0.452 e. The third-order valence-electron chi connectivity index (χ3n) is 4.39. The number of fused-ring (bicyclic) bond motifs is 1. The highest BCUT2D eigenvalue weighted by Gasteiger charge is 2.44. The molecule has 1 fully saturated rings. The molecular weight excluding hydrogens is 317 g/mol. The fraction of sp³-hybridized carbons (Fsp3) is 0.235. The first-order chi connectivity index (χ1) is 11.4. The summed E-state index contributed by atoms with van der Waals surface area (Å²) in [6.45, 7) is 0. The maximum atomic E-state index is 13.0. The van der Waals surface area contributed by atoms with Crippen molar-refractivity contribution in [1.29, 1.82) is 5.26 Å². The quantitative estimate of drug-likeness (QED) is 0.715. The van der Waals surface area contributed by atoms with E-state index >= 15 is 0 Å². The Kier molecular flexibility index (Phi) is 2.94. The van der Waals surface area contributed by atoms with E-state index in [1.165, 1.54) is 12.3 Å². The van der Waals surface area contributed by atoms with Crippen molar-refractivity contribution >= 4 is 5.65 Å². The molecule has 1 aromatic carbocycles. The van der Waals surface area contributed by atoms with Crippen LogP contribution in [0.3, 0.4) is 0 Å². The van der Waals surface area contributed by atoms with Crippen LogP contribution in [0.25, 0.3) is 16.8 Å². The predicted molar refractivity (Wildman–Crippen MR) is 80.0 cm³/mol. The molecule has 0 bridgehead atoms. The van der Waals surface area contributed by atoms with Crippen molar-refractivity contribution in [2.24, 2.45) is 0 Å². The first kappa shape index (κ1) is 14.7. The van der Waals surface area contributed by atoms with E-state index in [9.17, 15) is 18.4 Å². The molecule has 1 aliphatic carbocycles. The van der Waals surface area contributed by atoms with Crippen LogP contribution in [0.2, 0.25) is 0 Å². The van der Waals surface area contributed by atoms with Gasteiger partial charge in [0.2, 0.25) is 5.82 Å². The summed E-state index contributed by atoms with van der Waals surface area (Å²) >= 11 is 0. The minimum Gasteiger partial charge on any atom is -0.278 e. The highest BCUT2D eigenvalue weighted by molar-refractivity contribution is 5.65. The predicted octanol–water partition coefficient (Wildman–Crippen LogP) is 3.97. The van der Waals surface area contributed by atoms with E-state index in [4.69, 9.17) is 0 Å². The zero-order valence-electron chi connectivity index (χ0n) is 12.4. The van der Waals surface area contributed by atoms with Crippen molar-refractivity contribution in [3.8, 4) is 17.2 Å². The van der Waals surface area contributed by atoms with Gasteiger partial charge in [-0.15, -0.1) is 10.2 Å². The van der Waals surface area contributed by atoms with Gasteiger partial charge in [0.25, 0.3) is 0 Å². The summed E-state index contributed by atoms with van der Waals surface area (Å²) in [5.41, 5.74) is 2.12. The van der Waals surface area contributed by atoms with Crippen LogP contribution in [0.5, 0.6) is 0 Å². The Morgan fingerprint density at radius 3 is 2.25 bits per heavy atom. The molecule has 2 heterocycles. The smallest absolute Gasteiger partial charge is 0.278 e. The minimum absolute atomic E-state index is 0.143. The standard InChI is InChI=1S/C17H11F3N4/c18-17(19,20)15-23-22-14-6-3-12(9-24(14)15)11-1-4-13(5-2-11)16(10-21)7-8-16/h1-6,9H,7-8H2. The highest BCUT2D eigenvalue weighted by Crippen LogP contribution is 2.47. The van der Waals surface area contributed by atoms with Crippen molar-refractivity contribution in [3.63, 3.8) is 0 Å². The van der Waals surface area contributed by atoms with Crippen molar-refractivity contribution in [2.75, 3.05) is 0 Å². The lowest BCUT2D eigenvalue weighted by atomic mass is 9.95. The molecule has 0 atom stereocenters. The van der Waals surface area contributed by atoms with E-state index < -0.39 is 12.0 Å². The summed E-state index contributed by atoms with van der Waals surface area (Å²) in [4.78, 5) is 0. The SMILES string of the molecule is N#CC1(c2ccc(-c3ccc4nnc(C(F)(F)F)n4c3)cc2)CC1. The first-order valence-corrected chi connectivity index (χ1v) is 7.37. The Morgan fingerprint density at radius 2 is 1.67 bits per heavy atom. The molecule has 0 radical (unpaired) electrons. The minimum atomic E-state index is -4.56.